The summed E-state index contributed by atoms with van der Waals surface area (Å²) >= 11 is 1.43. The number of halogens is 1. The molecule has 0 spiro atoms. The minimum absolute atomic E-state index is 0.0922. The predicted octanol–water partition coefficient (Wildman–Crippen LogP) is 3.94. The molecule has 3 aliphatic rings. The number of para-hydroxylation sites is 1. The Labute approximate surface area is 198 Å². The summed E-state index contributed by atoms with van der Waals surface area (Å²) in [6.45, 7) is 4.81. The number of nitrogens with zero attached hydrogens (tertiary/aromatic N) is 4. The van der Waals surface area contributed by atoms with Gasteiger partial charge >= 0.3 is 0 Å². The first kappa shape index (κ1) is 22.7. The summed E-state index contributed by atoms with van der Waals surface area (Å²) in [7, 11) is 0. The Kier molecular flexibility index (Phi) is 6.87. The van der Waals surface area contributed by atoms with Gasteiger partial charge in [0.25, 0.3) is 0 Å². The van der Waals surface area contributed by atoms with Crippen molar-refractivity contribution in [2.45, 2.75) is 50.4 Å². The van der Waals surface area contributed by atoms with Gasteiger partial charge in [-0.05, 0) is 56.1 Å². The van der Waals surface area contributed by atoms with Crippen LogP contribution in [0.15, 0.2) is 29.4 Å². The number of rotatable bonds is 8. The van der Waals surface area contributed by atoms with Gasteiger partial charge in [0.05, 0.1) is 19.0 Å². The average molecular weight is 475 g/mol. The number of carbonyl (C=O) groups is 1. The molecule has 2 aliphatic carbocycles. The molecule has 2 saturated carbocycles. The van der Waals surface area contributed by atoms with Crippen LogP contribution in [0.2, 0.25) is 0 Å². The largest absolute Gasteiger partial charge is 0.483 e. The fourth-order valence-corrected chi connectivity index (χ4v) is 6.67. The highest BCUT2D eigenvalue weighted by Gasteiger charge is 2.43. The first-order valence-electron chi connectivity index (χ1n) is 11.9. The van der Waals surface area contributed by atoms with Gasteiger partial charge in [0.15, 0.2) is 22.5 Å². The molecule has 2 heterocycles. The summed E-state index contributed by atoms with van der Waals surface area (Å²) in [6.07, 6.45) is 5.18. The SMILES string of the molecule is CC(C1CC2CCC1C2)n1c(COc2ccccc2F)nnc1SCC(=O)N1CCOCC1. The average Bonchev–Trinajstić information content (AvgIpc) is 3.58. The summed E-state index contributed by atoms with van der Waals surface area (Å²) in [5.74, 6) is 3.03. The van der Waals surface area contributed by atoms with Crippen LogP contribution in [0.25, 0.3) is 0 Å². The van der Waals surface area contributed by atoms with E-state index in [1.54, 1.807) is 18.2 Å². The number of carbonyl (C=O) groups excluding carboxylic acids is 1. The van der Waals surface area contributed by atoms with E-state index in [9.17, 15) is 9.18 Å². The zero-order valence-corrected chi connectivity index (χ0v) is 19.8. The van der Waals surface area contributed by atoms with Crippen LogP contribution in [0, 0.1) is 23.6 Å². The van der Waals surface area contributed by atoms with Gasteiger partial charge in [-0.2, -0.15) is 0 Å². The molecule has 0 radical (unpaired) electrons. The number of morpholine rings is 1. The van der Waals surface area contributed by atoms with Gasteiger partial charge in [0, 0.05) is 19.1 Å². The van der Waals surface area contributed by atoms with Gasteiger partial charge in [-0.3, -0.25) is 9.36 Å². The third-order valence-electron chi connectivity index (χ3n) is 7.44. The number of hydrogen-bond donors (Lipinski definition) is 0. The lowest BCUT2D eigenvalue weighted by atomic mass is 9.84. The lowest BCUT2D eigenvalue weighted by Gasteiger charge is -2.30. The Bertz CT molecular complexity index is 980. The second kappa shape index (κ2) is 10.0. The van der Waals surface area contributed by atoms with Gasteiger partial charge in [-0.1, -0.05) is 30.3 Å². The number of thioether (sulfide) groups is 1. The molecule has 1 aromatic heterocycles. The molecule has 9 heteroatoms. The zero-order chi connectivity index (χ0) is 22.8. The number of ether oxygens (including phenoxy) is 2. The summed E-state index contributed by atoms with van der Waals surface area (Å²) in [4.78, 5) is 14.5. The molecule has 1 saturated heterocycles. The number of fused-ring (bicyclic) bond motifs is 2. The molecule has 178 valence electrons. The van der Waals surface area contributed by atoms with Crippen LogP contribution in [-0.2, 0) is 16.1 Å². The third kappa shape index (κ3) is 4.89. The van der Waals surface area contributed by atoms with Crippen molar-refractivity contribution in [1.82, 2.24) is 19.7 Å². The van der Waals surface area contributed by atoms with Crippen LogP contribution in [0.5, 0.6) is 5.75 Å². The predicted molar refractivity (Wildman–Crippen MR) is 123 cm³/mol. The van der Waals surface area contributed by atoms with Crippen molar-refractivity contribution in [2.75, 3.05) is 32.1 Å². The quantitative estimate of drug-likeness (QED) is 0.540. The maximum atomic E-state index is 14.1. The summed E-state index contributed by atoms with van der Waals surface area (Å²) in [5, 5.41) is 9.57. The maximum absolute atomic E-state index is 14.1. The molecule has 1 amide bonds. The summed E-state index contributed by atoms with van der Waals surface area (Å²) in [5.41, 5.74) is 0. The Balaban J connectivity index is 1.33. The Hall–Kier alpha value is -2.13. The van der Waals surface area contributed by atoms with Crippen molar-refractivity contribution in [3.05, 3.63) is 35.9 Å². The monoisotopic (exact) mass is 474 g/mol. The molecule has 7 nitrogen and oxygen atoms in total. The van der Waals surface area contributed by atoms with Crippen molar-refractivity contribution in [3.63, 3.8) is 0 Å². The lowest BCUT2D eigenvalue weighted by molar-refractivity contribution is -0.132. The van der Waals surface area contributed by atoms with Gasteiger partial charge < -0.3 is 14.4 Å². The molecule has 5 rings (SSSR count). The fourth-order valence-electron chi connectivity index (χ4n) is 5.72. The van der Waals surface area contributed by atoms with E-state index in [2.05, 4.69) is 21.7 Å². The van der Waals surface area contributed by atoms with E-state index in [0.717, 1.165) is 17.0 Å². The first-order valence-corrected chi connectivity index (χ1v) is 12.9. The highest BCUT2D eigenvalue weighted by Crippen LogP contribution is 2.52. The first-order chi connectivity index (χ1) is 16.1. The Morgan fingerprint density at radius 2 is 2.06 bits per heavy atom. The molecular weight excluding hydrogens is 443 g/mol. The van der Waals surface area contributed by atoms with Gasteiger partial charge in [0.2, 0.25) is 5.91 Å². The van der Waals surface area contributed by atoms with Crippen LogP contribution >= 0.6 is 11.8 Å². The lowest BCUT2D eigenvalue weighted by Crippen LogP contribution is -2.41. The highest BCUT2D eigenvalue weighted by molar-refractivity contribution is 7.99. The van der Waals surface area contributed by atoms with E-state index in [-0.39, 0.29) is 24.3 Å². The number of hydrogen-bond acceptors (Lipinski definition) is 6. The van der Waals surface area contributed by atoms with Crippen molar-refractivity contribution >= 4 is 17.7 Å². The van der Waals surface area contributed by atoms with E-state index in [0.29, 0.717) is 43.8 Å². The Morgan fingerprint density at radius 3 is 2.79 bits per heavy atom. The second-order valence-corrected chi connectivity index (χ2v) is 10.3. The number of benzene rings is 1. The number of aromatic nitrogens is 3. The third-order valence-corrected chi connectivity index (χ3v) is 8.36. The molecule has 0 N–H and O–H groups in total. The minimum atomic E-state index is -0.393. The zero-order valence-electron chi connectivity index (χ0n) is 19.0. The minimum Gasteiger partial charge on any atom is -0.483 e. The molecule has 1 aliphatic heterocycles. The van der Waals surface area contributed by atoms with E-state index in [4.69, 9.17) is 9.47 Å². The second-order valence-electron chi connectivity index (χ2n) is 9.35. The van der Waals surface area contributed by atoms with Crippen LogP contribution < -0.4 is 4.74 Å². The van der Waals surface area contributed by atoms with Gasteiger partial charge in [-0.25, -0.2) is 4.39 Å². The molecular formula is C24H31FN4O3S. The smallest absolute Gasteiger partial charge is 0.233 e. The topological polar surface area (TPSA) is 69.5 Å². The van der Waals surface area contributed by atoms with Crippen LogP contribution in [0.3, 0.4) is 0 Å². The van der Waals surface area contributed by atoms with Gasteiger partial charge in [-0.15, -0.1) is 10.2 Å². The standard InChI is InChI=1S/C24H31FN4O3S/c1-16(19-13-17-6-7-18(19)12-17)29-22(14-32-21-5-3-2-4-20(21)25)26-27-24(29)33-15-23(30)28-8-10-31-11-9-28/h2-5,16-19H,6-15H2,1H3. The normalized spacial score (nSPS) is 25.4. The van der Waals surface area contributed by atoms with Crippen LogP contribution in [0.4, 0.5) is 4.39 Å². The van der Waals surface area contributed by atoms with Crippen molar-refractivity contribution in [1.29, 1.82) is 0 Å². The fraction of sp³-hybridized carbons (Fsp3) is 0.625. The van der Waals surface area contributed by atoms with E-state index in [1.807, 2.05) is 4.90 Å². The van der Waals surface area contributed by atoms with Crippen molar-refractivity contribution in [2.24, 2.45) is 17.8 Å². The molecule has 4 unspecified atom stereocenters. The molecule has 3 fully saturated rings. The molecule has 2 bridgehead atoms. The number of amides is 1. The summed E-state index contributed by atoms with van der Waals surface area (Å²) < 4.78 is 27.3. The van der Waals surface area contributed by atoms with Crippen molar-refractivity contribution < 1.29 is 18.7 Å². The summed E-state index contributed by atoms with van der Waals surface area (Å²) in [6, 6.07) is 6.60. The molecule has 4 atom stereocenters. The maximum Gasteiger partial charge on any atom is 0.233 e. The van der Waals surface area contributed by atoms with Gasteiger partial charge in [0.1, 0.15) is 6.61 Å². The van der Waals surface area contributed by atoms with Crippen LogP contribution in [0.1, 0.15) is 44.5 Å². The Morgan fingerprint density at radius 1 is 1.24 bits per heavy atom. The molecule has 33 heavy (non-hydrogen) atoms. The van der Waals surface area contributed by atoms with Crippen LogP contribution in [-0.4, -0.2) is 57.6 Å². The van der Waals surface area contributed by atoms with E-state index in [1.165, 1.54) is 43.5 Å². The van der Waals surface area contributed by atoms with E-state index < -0.39 is 5.82 Å². The van der Waals surface area contributed by atoms with Crippen molar-refractivity contribution in [3.8, 4) is 5.75 Å². The van der Waals surface area contributed by atoms with E-state index >= 15 is 0 Å². The molecule has 2 aromatic rings. The highest BCUT2D eigenvalue weighted by atomic mass is 32.2. The molecule has 1 aromatic carbocycles.